The fraction of sp³-hybridized carbons (Fsp3) is 0.529. The first-order chi connectivity index (χ1) is 9.14. The third kappa shape index (κ3) is 3.05. The van der Waals surface area contributed by atoms with E-state index in [1.165, 1.54) is 16.7 Å². The first-order valence-electron chi connectivity index (χ1n) is 6.93. The van der Waals surface area contributed by atoms with E-state index < -0.39 is 0 Å². The Hall–Kier alpha value is -0.110. The van der Waals surface area contributed by atoms with Crippen LogP contribution in [-0.2, 0) is 10.8 Å². The summed E-state index contributed by atoms with van der Waals surface area (Å²) in [5.41, 5.74) is 4.56. The Balaban J connectivity index is 2.50. The third-order valence-electron chi connectivity index (χ3n) is 4.42. The Morgan fingerprint density at radius 1 is 1.20 bits per heavy atom. The minimum Gasteiger partial charge on any atom is -0.127 e. The van der Waals surface area contributed by atoms with Gasteiger partial charge in [-0.1, -0.05) is 74.7 Å². The molecule has 0 amide bonds. The van der Waals surface area contributed by atoms with E-state index in [-0.39, 0.29) is 10.8 Å². The normalized spacial score (nSPS) is 23.1. The molecule has 1 atom stereocenters. The highest BCUT2D eigenvalue weighted by Crippen LogP contribution is 2.50. The smallest absolute Gasteiger partial charge is 0.113 e. The number of thioether (sulfide) groups is 1. The zero-order chi connectivity index (χ0) is 15.1. The summed E-state index contributed by atoms with van der Waals surface area (Å²) in [6, 6.07) is 6.87. The van der Waals surface area contributed by atoms with Gasteiger partial charge in [0.25, 0.3) is 0 Å². The number of benzene rings is 1. The van der Waals surface area contributed by atoms with E-state index in [0.29, 0.717) is 9.74 Å². The van der Waals surface area contributed by atoms with Crippen LogP contribution >= 0.6 is 35.0 Å². The van der Waals surface area contributed by atoms with E-state index in [1.54, 1.807) is 11.8 Å². The van der Waals surface area contributed by atoms with Crippen LogP contribution in [0.3, 0.4) is 0 Å². The van der Waals surface area contributed by atoms with Gasteiger partial charge in [-0.2, -0.15) is 0 Å². The molecular formula is C17H22Cl2S. The molecule has 0 bridgehead atoms. The molecule has 20 heavy (non-hydrogen) atoms. The Morgan fingerprint density at radius 3 is 2.45 bits per heavy atom. The standard InChI is InChI=1S/C17H22Cl2S/c1-11-6-7-12-13(8-11)17(4,5)14(9-16(12,2)3)20-10-15(18)19/h6-8,10,14H,9H2,1-5H3. The lowest BCUT2D eigenvalue weighted by atomic mass is 9.62. The summed E-state index contributed by atoms with van der Waals surface area (Å²) in [7, 11) is 0. The maximum Gasteiger partial charge on any atom is 0.113 e. The van der Waals surface area contributed by atoms with E-state index in [0.717, 1.165) is 6.42 Å². The van der Waals surface area contributed by atoms with E-state index in [2.05, 4.69) is 52.8 Å². The van der Waals surface area contributed by atoms with Crippen molar-refractivity contribution in [3.63, 3.8) is 0 Å². The van der Waals surface area contributed by atoms with Crippen molar-refractivity contribution in [2.75, 3.05) is 0 Å². The predicted molar refractivity (Wildman–Crippen MR) is 93.0 cm³/mol. The highest BCUT2D eigenvalue weighted by molar-refractivity contribution is 8.02. The highest BCUT2D eigenvalue weighted by Gasteiger charge is 2.43. The molecule has 0 spiro atoms. The number of rotatable bonds is 2. The van der Waals surface area contributed by atoms with Gasteiger partial charge >= 0.3 is 0 Å². The molecule has 0 N–H and O–H groups in total. The number of aryl methyl sites for hydroxylation is 1. The molecule has 110 valence electrons. The van der Waals surface area contributed by atoms with Crippen LogP contribution in [0, 0.1) is 6.92 Å². The fourth-order valence-electron chi connectivity index (χ4n) is 3.14. The molecule has 2 rings (SSSR count). The summed E-state index contributed by atoms with van der Waals surface area (Å²) < 4.78 is 0.346. The monoisotopic (exact) mass is 328 g/mol. The van der Waals surface area contributed by atoms with Crippen LogP contribution in [0.5, 0.6) is 0 Å². The lowest BCUT2D eigenvalue weighted by Gasteiger charge is -2.47. The van der Waals surface area contributed by atoms with Crippen molar-refractivity contribution in [2.45, 2.75) is 57.1 Å². The average molecular weight is 329 g/mol. The molecule has 1 unspecified atom stereocenters. The summed E-state index contributed by atoms with van der Waals surface area (Å²) >= 11 is 13.3. The van der Waals surface area contributed by atoms with Crippen LogP contribution in [0.4, 0.5) is 0 Å². The second-order valence-corrected chi connectivity index (χ2v) is 8.98. The zero-order valence-electron chi connectivity index (χ0n) is 12.8. The number of hydrogen-bond donors (Lipinski definition) is 0. The first-order valence-corrected chi connectivity index (χ1v) is 8.63. The van der Waals surface area contributed by atoms with Crippen molar-refractivity contribution >= 4 is 35.0 Å². The van der Waals surface area contributed by atoms with E-state index in [1.807, 2.05) is 5.41 Å². The Kier molecular flexibility index (Phi) is 4.54. The molecule has 0 saturated heterocycles. The van der Waals surface area contributed by atoms with E-state index in [9.17, 15) is 0 Å². The van der Waals surface area contributed by atoms with Crippen molar-refractivity contribution in [3.05, 3.63) is 44.8 Å². The van der Waals surface area contributed by atoms with Crippen molar-refractivity contribution in [2.24, 2.45) is 0 Å². The predicted octanol–water partition coefficient (Wildman–Crippen LogP) is 6.33. The minimum atomic E-state index is 0.112. The molecule has 0 heterocycles. The second kappa shape index (κ2) is 5.59. The fourth-order valence-corrected chi connectivity index (χ4v) is 4.69. The lowest BCUT2D eigenvalue weighted by molar-refractivity contribution is 0.344. The van der Waals surface area contributed by atoms with E-state index >= 15 is 0 Å². The largest absolute Gasteiger partial charge is 0.127 e. The summed E-state index contributed by atoms with van der Waals surface area (Å²) in [5, 5.41) is 2.34. The molecule has 0 aromatic heterocycles. The van der Waals surface area contributed by atoms with Crippen LogP contribution in [0.2, 0.25) is 0 Å². The van der Waals surface area contributed by atoms with Crippen LogP contribution < -0.4 is 0 Å². The van der Waals surface area contributed by atoms with Crippen molar-refractivity contribution in [1.29, 1.82) is 0 Å². The summed E-state index contributed by atoms with van der Waals surface area (Å²) in [4.78, 5) is 0. The molecule has 1 aromatic carbocycles. The van der Waals surface area contributed by atoms with Crippen LogP contribution in [-0.4, -0.2) is 5.25 Å². The van der Waals surface area contributed by atoms with Gasteiger partial charge in [-0.25, -0.2) is 0 Å². The Morgan fingerprint density at radius 2 is 1.85 bits per heavy atom. The van der Waals surface area contributed by atoms with E-state index in [4.69, 9.17) is 23.2 Å². The quantitative estimate of drug-likeness (QED) is 0.611. The first kappa shape index (κ1) is 16.3. The van der Waals surface area contributed by atoms with Gasteiger partial charge in [-0.15, -0.1) is 11.8 Å². The molecule has 1 aliphatic carbocycles. The number of halogens is 2. The van der Waals surface area contributed by atoms with Crippen molar-refractivity contribution in [3.8, 4) is 0 Å². The minimum absolute atomic E-state index is 0.112. The van der Waals surface area contributed by atoms with Gasteiger partial charge in [0.05, 0.1) is 0 Å². The van der Waals surface area contributed by atoms with Crippen LogP contribution in [0.15, 0.2) is 28.1 Å². The van der Waals surface area contributed by atoms with Gasteiger partial charge in [0, 0.05) is 16.1 Å². The number of hydrogen-bond acceptors (Lipinski definition) is 1. The Labute approximate surface area is 136 Å². The molecule has 0 aliphatic heterocycles. The molecule has 3 heteroatoms. The molecule has 0 saturated carbocycles. The summed E-state index contributed by atoms with van der Waals surface area (Å²) in [6.07, 6.45) is 1.12. The van der Waals surface area contributed by atoms with Crippen LogP contribution in [0.1, 0.15) is 50.8 Å². The van der Waals surface area contributed by atoms with Gasteiger partial charge in [-0.05, 0) is 29.9 Å². The van der Waals surface area contributed by atoms with Gasteiger partial charge in [0.15, 0.2) is 0 Å². The summed E-state index contributed by atoms with van der Waals surface area (Å²) in [6.45, 7) is 11.5. The van der Waals surface area contributed by atoms with Gasteiger partial charge in [0.2, 0.25) is 0 Å². The second-order valence-electron chi connectivity index (χ2n) is 6.89. The van der Waals surface area contributed by atoms with Crippen molar-refractivity contribution < 1.29 is 0 Å². The topological polar surface area (TPSA) is 0 Å². The molecule has 1 aliphatic rings. The number of fused-ring (bicyclic) bond motifs is 1. The maximum absolute atomic E-state index is 5.79. The third-order valence-corrected chi connectivity index (χ3v) is 6.35. The lowest BCUT2D eigenvalue weighted by Crippen LogP contribution is -2.43. The maximum atomic E-state index is 5.79. The zero-order valence-corrected chi connectivity index (χ0v) is 15.1. The molecule has 0 radical (unpaired) electrons. The average Bonchev–Trinajstić information content (AvgIpc) is 2.32. The SMILES string of the molecule is Cc1ccc2c(c1)C(C)(C)C(SC=C(Cl)Cl)CC2(C)C. The molecule has 0 fully saturated rings. The molecule has 0 nitrogen and oxygen atoms in total. The molecule has 1 aromatic rings. The van der Waals surface area contributed by atoms with Crippen LogP contribution in [0.25, 0.3) is 0 Å². The Bertz CT molecular complexity index is 540. The molecular weight excluding hydrogens is 307 g/mol. The highest BCUT2D eigenvalue weighted by atomic mass is 35.5. The van der Waals surface area contributed by atoms with Gasteiger partial charge in [0.1, 0.15) is 4.49 Å². The van der Waals surface area contributed by atoms with Gasteiger partial charge < -0.3 is 0 Å². The van der Waals surface area contributed by atoms with Crippen molar-refractivity contribution in [1.82, 2.24) is 0 Å². The summed E-state index contributed by atoms with van der Waals surface area (Å²) in [5.74, 6) is 0. The van der Waals surface area contributed by atoms with Gasteiger partial charge in [-0.3, -0.25) is 0 Å².